The van der Waals surface area contributed by atoms with Crippen LogP contribution in [-0.4, -0.2) is 51.5 Å². The molecule has 1 aliphatic rings. The van der Waals surface area contributed by atoms with E-state index >= 15 is 4.39 Å². The third-order valence-corrected chi connectivity index (χ3v) is 6.45. The summed E-state index contributed by atoms with van der Waals surface area (Å²) >= 11 is 5.72. The predicted octanol–water partition coefficient (Wildman–Crippen LogP) is 5.20. The Morgan fingerprint density at radius 1 is 1.15 bits per heavy atom. The molecular formula is C28H28FN5O5S. The largest absolute Gasteiger partial charge is 0.508 e. The molecule has 1 aromatic heterocycles. The zero-order chi connectivity index (χ0) is 29.4. The van der Waals surface area contributed by atoms with E-state index in [0.717, 1.165) is 6.33 Å². The monoisotopic (exact) mass is 565 g/mol. The highest BCUT2D eigenvalue weighted by Crippen LogP contribution is 2.39. The van der Waals surface area contributed by atoms with Crippen molar-refractivity contribution in [1.29, 1.82) is 5.26 Å². The summed E-state index contributed by atoms with van der Waals surface area (Å²) in [5.74, 6) is -0.918. The summed E-state index contributed by atoms with van der Waals surface area (Å²) in [6.45, 7) is 10.1. The number of nitriles is 1. The van der Waals surface area contributed by atoms with E-state index in [-0.39, 0.29) is 41.0 Å². The maximum atomic E-state index is 15.3. The third kappa shape index (κ3) is 5.51. The zero-order valence-electron chi connectivity index (χ0n) is 22.9. The van der Waals surface area contributed by atoms with E-state index in [1.165, 1.54) is 11.0 Å². The third-order valence-electron chi connectivity index (χ3n) is 6.09. The van der Waals surface area contributed by atoms with Crippen LogP contribution in [0.25, 0.3) is 10.9 Å². The van der Waals surface area contributed by atoms with Gasteiger partial charge in [0.25, 0.3) is 5.91 Å². The van der Waals surface area contributed by atoms with E-state index in [4.69, 9.17) is 26.4 Å². The smallest absolute Gasteiger partial charge is 0.474 e. The lowest BCUT2D eigenvalue weighted by Gasteiger charge is -2.29. The summed E-state index contributed by atoms with van der Waals surface area (Å²) in [7, 11) is 0. The second-order valence-electron chi connectivity index (χ2n) is 10.6. The van der Waals surface area contributed by atoms with Crippen LogP contribution >= 0.6 is 12.2 Å². The number of thiocarbonyl (C=S) groups is 1. The molecule has 40 heavy (non-hydrogen) atoms. The van der Waals surface area contributed by atoms with Gasteiger partial charge in [0.15, 0.2) is 10.9 Å². The minimum absolute atomic E-state index is 0.00984. The van der Waals surface area contributed by atoms with Gasteiger partial charge in [0, 0.05) is 5.69 Å². The lowest BCUT2D eigenvalue weighted by atomic mass is 10.0. The van der Waals surface area contributed by atoms with Crippen molar-refractivity contribution >= 4 is 51.7 Å². The summed E-state index contributed by atoms with van der Waals surface area (Å²) in [4.78, 5) is 36.4. The van der Waals surface area contributed by atoms with Crippen LogP contribution in [0.3, 0.4) is 0 Å². The number of ether oxygens (including phenoxy) is 3. The number of amides is 1. The number of carbonyl (C=O) groups is 2. The van der Waals surface area contributed by atoms with Crippen molar-refractivity contribution in [3.63, 3.8) is 0 Å². The number of rotatable bonds is 6. The van der Waals surface area contributed by atoms with Crippen molar-refractivity contribution < 1.29 is 28.2 Å². The van der Waals surface area contributed by atoms with E-state index in [0.29, 0.717) is 22.5 Å². The zero-order valence-corrected chi connectivity index (χ0v) is 23.8. The summed E-state index contributed by atoms with van der Waals surface area (Å²) in [6, 6.07) is 9.93. The van der Waals surface area contributed by atoms with Gasteiger partial charge in [-0.1, -0.05) is 0 Å². The van der Waals surface area contributed by atoms with Gasteiger partial charge in [-0.25, -0.2) is 19.2 Å². The fourth-order valence-corrected chi connectivity index (χ4v) is 4.76. The van der Waals surface area contributed by atoms with Crippen molar-refractivity contribution in [3.8, 4) is 11.9 Å². The van der Waals surface area contributed by atoms with Gasteiger partial charge in [0.2, 0.25) is 5.88 Å². The van der Waals surface area contributed by atoms with Crippen LogP contribution in [0, 0.1) is 24.1 Å². The second kappa shape index (κ2) is 10.7. The fraction of sp³-hybridized carbons (Fsp3) is 0.357. The topological polar surface area (TPSA) is 118 Å². The molecule has 0 spiro atoms. The Balaban J connectivity index is 1.63. The normalized spacial score (nSPS) is 14.8. The summed E-state index contributed by atoms with van der Waals surface area (Å²) in [6.07, 6.45) is 0.325. The van der Waals surface area contributed by atoms with Gasteiger partial charge in [-0.3, -0.25) is 9.69 Å². The van der Waals surface area contributed by atoms with Crippen molar-refractivity contribution in [3.05, 3.63) is 53.6 Å². The lowest BCUT2D eigenvalue weighted by molar-refractivity contribution is -0.120. The average molecular weight is 566 g/mol. The summed E-state index contributed by atoms with van der Waals surface area (Å²) < 4.78 is 31.1. The first-order valence-electron chi connectivity index (χ1n) is 12.4. The number of aryl methyl sites for hydroxylation is 1. The van der Waals surface area contributed by atoms with Crippen LogP contribution in [0.15, 0.2) is 36.7 Å². The molecule has 4 rings (SSSR count). The molecule has 0 N–H and O–H groups in total. The van der Waals surface area contributed by atoms with E-state index < -0.39 is 23.1 Å². The average Bonchev–Trinajstić information content (AvgIpc) is 3.04. The van der Waals surface area contributed by atoms with Gasteiger partial charge < -0.3 is 19.1 Å². The van der Waals surface area contributed by atoms with E-state index in [1.54, 1.807) is 70.7 Å². The molecule has 208 valence electrons. The second-order valence-corrected chi connectivity index (χ2v) is 11.0. The van der Waals surface area contributed by atoms with Gasteiger partial charge in [-0.05, 0) is 89.7 Å². The highest BCUT2D eigenvalue weighted by atomic mass is 32.1. The number of fused-ring (bicyclic) bond motifs is 1. The predicted molar refractivity (Wildman–Crippen MR) is 150 cm³/mol. The van der Waals surface area contributed by atoms with E-state index in [1.807, 2.05) is 0 Å². The molecule has 1 fully saturated rings. The van der Waals surface area contributed by atoms with Gasteiger partial charge >= 0.3 is 6.16 Å². The molecule has 1 amide bonds. The molecule has 1 saturated heterocycles. The van der Waals surface area contributed by atoms with Crippen molar-refractivity contribution in [2.75, 3.05) is 23.0 Å². The number of halogens is 1. The minimum atomic E-state index is -1.17. The lowest BCUT2D eigenvalue weighted by Crippen LogP contribution is -2.44. The Morgan fingerprint density at radius 3 is 2.52 bits per heavy atom. The molecule has 0 radical (unpaired) electrons. The number of hydrogen-bond donors (Lipinski definition) is 0. The molecule has 3 aromatic rings. The maximum absolute atomic E-state index is 15.3. The highest BCUT2D eigenvalue weighted by Gasteiger charge is 2.50. The van der Waals surface area contributed by atoms with Gasteiger partial charge in [-0.15, -0.1) is 0 Å². The Bertz CT molecular complexity index is 1560. The summed E-state index contributed by atoms with van der Waals surface area (Å²) in [5, 5.41) is 9.66. The molecule has 0 saturated carbocycles. The number of nitrogens with zero attached hydrogens (tertiary/aromatic N) is 5. The van der Waals surface area contributed by atoms with Gasteiger partial charge in [0.05, 0.1) is 22.7 Å². The molecule has 2 heterocycles. The molecule has 12 heteroatoms. The molecule has 1 aliphatic heterocycles. The maximum Gasteiger partial charge on any atom is 0.508 e. The number of anilines is 2. The van der Waals surface area contributed by atoms with Gasteiger partial charge in [0.1, 0.15) is 36.2 Å². The van der Waals surface area contributed by atoms with E-state index in [2.05, 4.69) is 16.0 Å². The molecule has 0 bridgehead atoms. The Labute approximate surface area is 236 Å². The standard InChI is InChI=1S/C28H28FN5O5S/c1-16-11-18(8-7-17(16)14-30)33-24(35)28(5,6)34(25(33)40)19-12-20-22(21(29)13-19)31-15-32-23(20)37-9-10-38-26(36)39-27(2,3)4/h7-8,11-13,15H,9-10H2,1-6H3. The highest BCUT2D eigenvalue weighted by molar-refractivity contribution is 7.81. The molecule has 0 atom stereocenters. The SMILES string of the molecule is Cc1cc(N2C(=O)C(C)(C)N(c3cc(F)c4ncnc(OCCOC(=O)OC(C)(C)C)c4c3)C2=S)ccc1C#N. The van der Waals surface area contributed by atoms with Crippen LogP contribution < -0.4 is 14.5 Å². The summed E-state index contributed by atoms with van der Waals surface area (Å²) in [5.41, 5.74) is 0.115. The number of hydrogen-bond acceptors (Lipinski definition) is 9. The fourth-order valence-electron chi connectivity index (χ4n) is 4.24. The van der Waals surface area contributed by atoms with Crippen LogP contribution in [0.1, 0.15) is 45.7 Å². The Kier molecular flexibility index (Phi) is 7.63. The van der Waals surface area contributed by atoms with Crippen molar-refractivity contribution in [1.82, 2.24) is 9.97 Å². The number of aromatic nitrogens is 2. The molecule has 0 aliphatic carbocycles. The van der Waals surface area contributed by atoms with Crippen LogP contribution in [0.5, 0.6) is 5.88 Å². The Morgan fingerprint density at radius 2 is 1.88 bits per heavy atom. The molecule has 0 unspecified atom stereocenters. The van der Waals surface area contributed by atoms with Gasteiger partial charge in [-0.2, -0.15) is 5.26 Å². The van der Waals surface area contributed by atoms with Crippen molar-refractivity contribution in [2.24, 2.45) is 0 Å². The molecule has 10 nitrogen and oxygen atoms in total. The first kappa shape index (κ1) is 28.6. The quantitative estimate of drug-likeness (QED) is 0.224. The number of carbonyl (C=O) groups excluding carboxylic acids is 2. The minimum Gasteiger partial charge on any atom is -0.474 e. The molecular weight excluding hydrogens is 537 g/mol. The number of benzene rings is 2. The van der Waals surface area contributed by atoms with Crippen LogP contribution in [0.4, 0.5) is 20.6 Å². The van der Waals surface area contributed by atoms with Crippen LogP contribution in [0.2, 0.25) is 0 Å². The first-order valence-corrected chi connectivity index (χ1v) is 12.8. The van der Waals surface area contributed by atoms with E-state index in [9.17, 15) is 14.9 Å². The van der Waals surface area contributed by atoms with Crippen LogP contribution in [-0.2, 0) is 14.3 Å². The van der Waals surface area contributed by atoms with Crippen molar-refractivity contribution in [2.45, 2.75) is 52.7 Å². The molecule has 2 aromatic carbocycles. The Hall–Kier alpha value is -4.37. The first-order chi connectivity index (χ1) is 18.7.